The van der Waals surface area contributed by atoms with E-state index in [0.717, 1.165) is 19.3 Å². The SMILES string of the molecule is CCCCCCCC(=O)OC(C)=O.[NaH]. The van der Waals surface area contributed by atoms with Gasteiger partial charge in [0.1, 0.15) is 0 Å². The quantitative estimate of drug-likeness (QED) is 0.290. The van der Waals surface area contributed by atoms with Gasteiger partial charge in [-0.3, -0.25) is 9.59 Å². The third-order valence-electron chi connectivity index (χ3n) is 1.74. The first-order valence-corrected chi connectivity index (χ1v) is 4.88. The number of esters is 2. The van der Waals surface area contributed by atoms with E-state index >= 15 is 0 Å². The molecular weight excluding hydrogens is 191 g/mol. The molecule has 0 heterocycles. The Morgan fingerprint density at radius 3 is 2.14 bits per heavy atom. The van der Waals surface area contributed by atoms with Crippen LogP contribution in [0.3, 0.4) is 0 Å². The Balaban J connectivity index is 0. The summed E-state index contributed by atoms with van der Waals surface area (Å²) in [5.41, 5.74) is 0. The molecule has 0 amide bonds. The molecule has 14 heavy (non-hydrogen) atoms. The molecule has 78 valence electrons. The van der Waals surface area contributed by atoms with Crippen molar-refractivity contribution in [1.29, 1.82) is 0 Å². The molecule has 0 N–H and O–H groups in total. The van der Waals surface area contributed by atoms with Crippen LogP contribution in [0, 0.1) is 0 Å². The molecular formula is C10H19NaO3. The molecule has 0 bridgehead atoms. The molecule has 0 aromatic carbocycles. The standard InChI is InChI=1S/C10H18O3.Na.H/c1-3-4-5-6-7-8-10(12)13-9(2)11;;/h3-8H2,1-2H3;;. The Morgan fingerprint density at radius 1 is 1.07 bits per heavy atom. The fraction of sp³-hybridized carbons (Fsp3) is 0.800. The van der Waals surface area contributed by atoms with E-state index in [0.29, 0.717) is 6.42 Å². The van der Waals surface area contributed by atoms with Crippen molar-refractivity contribution < 1.29 is 14.3 Å². The summed E-state index contributed by atoms with van der Waals surface area (Å²) in [5, 5.41) is 0. The number of rotatable bonds is 6. The van der Waals surface area contributed by atoms with Crippen molar-refractivity contribution in [2.75, 3.05) is 0 Å². The summed E-state index contributed by atoms with van der Waals surface area (Å²) in [4.78, 5) is 21.2. The van der Waals surface area contributed by atoms with Crippen LogP contribution in [0.1, 0.15) is 52.4 Å². The van der Waals surface area contributed by atoms with Crippen LogP contribution in [0.15, 0.2) is 0 Å². The molecule has 3 nitrogen and oxygen atoms in total. The van der Waals surface area contributed by atoms with Crippen LogP contribution in [0.2, 0.25) is 0 Å². The van der Waals surface area contributed by atoms with Crippen molar-refractivity contribution in [1.82, 2.24) is 0 Å². The average molecular weight is 210 g/mol. The summed E-state index contributed by atoms with van der Waals surface area (Å²) in [6, 6.07) is 0. The monoisotopic (exact) mass is 210 g/mol. The fourth-order valence-electron chi connectivity index (χ4n) is 1.08. The number of hydrogen-bond donors (Lipinski definition) is 0. The first-order chi connectivity index (χ1) is 6.16. The first kappa shape index (κ1) is 16.6. The number of carbonyl (C=O) groups is 2. The van der Waals surface area contributed by atoms with Crippen molar-refractivity contribution in [3.8, 4) is 0 Å². The number of carbonyl (C=O) groups excluding carboxylic acids is 2. The molecule has 0 unspecified atom stereocenters. The van der Waals surface area contributed by atoms with Crippen molar-refractivity contribution in [3.05, 3.63) is 0 Å². The van der Waals surface area contributed by atoms with E-state index in [2.05, 4.69) is 11.7 Å². The first-order valence-electron chi connectivity index (χ1n) is 4.88. The predicted molar refractivity (Wildman–Crippen MR) is 57.3 cm³/mol. The molecule has 0 aliphatic carbocycles. The van der Waals surface area contributed by atoms with E-state index in [1.54, 1.807) is 0 Å². The van der Waals surface area contributed by atoms with Crippen LogP contribution in [-0.4, -0.2) is 41.5 Å². The van der Waals surface area contributed by atoms with Gasteiger partial charge in [-0.05, 0) is 6.42 Å². The van der Waals surface area contributed by atoms with Crippen molar-refractivity contribution in [3.63, 3.8) is 0 Å². The molecule has 0 fully saturated rings. The maximum atomic E-state index is 10.8. The Labute approximate surface area is 108 Å². The van der Waals surface area contributed by atoms with Crippen LogP contribution >= 0.6 is 0 Å². The third kappa shape index (κ3) is 12.1. The zero-order valence-electron chi connectivity index (χ0n) is 8.47. The fourth-order valence-corrected chi connectivity index (χ4v) is 1.08. The van der Waals surface area contributed by atoms with E-state index in [9.17, 15) is 9.59 Å². The predicted octanol–water partition coefficient (Wildman–Crippen LogP) is 1.79. The van der Waals surface area contributed by atoms with Gasteiger partial charge in [-0.1, -0.05) is 32.6 Å². The third-order valence-corrected chi connectivity index (χ3v) is 1.74. The topological polar surface area (TPSA) is 43.4 Å². The maximum absolute atomic E-state index is 10.8. The van der Waals surface area contributed by atoms with Crippen LogP contribution in [0.5, 0.6) is 0 Å². The van der Waals surface area contributed by atoms with Gasteiger partial charge in [0, 0.05) is 13.3 Å². The molecule has 0 aromatic rings. The van der Waals surface area contributed by atoms with E-state index in [1.807, 2.05) is 0 Å². The molecule has 0 saturated carbocycles. The van der Waals surface area contributed by atoms with E-state index in [4.69, 9.17) is 0 Å². The summed E-state index contributed by atoms with van der Waals surface area (Å²) in [7, 11) is 0. The summed E-state index contributed by atoms with van der Waals surface area (Å²) in [5.74, 6) is -0.914. The van der Waals surface area contributed by atoms with Crippen LogP contribution in [0.4, 0.5) is 0 Å². The minimum absolute atomic E-state index is 0. The van der Waals surface area contributed by atoms with E-state index in [1.165, 1.54) is 19.8 Å². The Hall–Kier alpha value is 0.140. The second-order valence-corrected chi connectivity index (χ2v) is 3.13. The molecule has 0 spiro atoms. The van der Waals surface area contributed by atoms with Crippen molar-refractivity contribution in [2.24, 2.45) is 0 Å². The second-order valence-electron chi connectivity index (χ2n) is 3.13. The number of hydrogen-bond acceptors (Lipinski definition) is 3. The van der Waals surface area contributed by atoms with Gasteiger partial charge >= 0.3 is 41.5 Å². The number of unbranched alkanes of at least 4 members (excludes halogenated alkanes) is 4. The number of ether oxygens (including phenoxy) is 1. The minimum atomic E-state index is -0.515. The van der Waals surface area contributed by atoms with Crippen LogP contribution < -0.4 is 0 Å². The second kappa shape index (κ2) is 11.2. The Kier molecular flexibility index (Phi) is 13.3. The molecule has 0 aromatic heterocycles. The van der Waals surface area contributed by atoms with Crippen LogP contribution in [-0.2, 0) is 14.3 Å². The average Bonchev–Trinajstić information content (AvgIpc) is 2.02. The normalized spacial score (nSPS) is 9.00. The zero-order valence-corrected chi connectivity index (χ0v) is 8.47. The van der Waals surface area contributed by atoms with E-state index in [-0.39, 0.29) is 29.6 Å². The Morgan fingerprint density at radius 2 is 1.64 bits per heavy atom. The molecule has 0 aliphatic rings. The molecule has 4 heteroatoms. The Bertz CT molecular complexity index is 169. The summed E-state index contributed by atoms with van der Waals surface area (Å²) in [6.07, 6.45) is 5.79. The molecule has 0 rings (SSSR count). The van der Waals surface area contributed by atoms with Gasteiger partial charge in [0.25, 0.3) is 0 Å². The van der Waals surface area contributed by atoms with Gasteiger partial charge in [0.2, 0.25) is 0 Å². The van der Waals surface area contributed by atoms with Crippen LogP contribution in [0.25, 0.3) is 0 Å². The zero-order chi connectivity index (χ0) is 10.1. The molecule has 0 saturated heterocycles. The van der Waals surface area contributed by atoms with Crippen molar-refractivity contribution in [2.45, 2.75) is 52.4 Å². The molecule has 0 aliphatic heterocycles. The summed E-state index contributed by atoms with van der Waals surface area (Å²) in [6.45, 7) is 3.39. The van der Waals surface area contributed by atoms with Gasteiger partial charge in [-0.25, -0.2) is 0 Å². The van der Waals surface area contributed by atoms with Gasteiger partial charge in [-0.2, -0.15) is 0 Å². The molecule has 0 atom stereocenters. The van der Waals surface area contributed by atoms with E-state index < -0.39 is 11.9 Å². The van der Waals surface area contributed by atoms with Gasteiger partial charge in [0.15, 0.2) is 0 Å². The molecule has 0 radical (unpaired) electrons. The van der Waals surface area contributed by atoms with Gasteiger partial charge in [-0.15, -0.1) is 0 Å². The van der Waals surface area contributed by atoms with Crippen molar-refractivity contribution >= 4 is 41.5 Å². The van der Waals surface area contributed by atoms with Gasteiger partial charge < -0.3 is 4.74 Å². The summed E-state index contributed by atoms with van der Waals surface area (Å²) >= 11 is 0. The summed E-state index contributed by atoms with van der Waals surface area (Å²) < 4.78 is 4.38. The van der Waals surface area contributed by atoms with Gasteiger partial charge in [0.05, 0.1) is 0 Å².